The normalized spacial score (nSPS) is 10.7. The first-order chi connectivity index (χ1) is 8.25. The van der Waals surface area contributed by atoms with Gasteiger partial charge in [0.15, 0.2) is 0 Å². The lowest BCUT2D eigenvalue weighted by atomic mass is 10.1. The maximum absolute atomic E-state index is 13.1. The molecule has 17 heavy (non-hydrogen) atoms. The Morgan fingerprint density at radius 1 is 1.24 bits per heavy atom. The zero-order valence-electron chi connectivity index (χ0n) is 9.87. The first-order valence-electron chi connectivity index (χ1n) is 5.72. The van der Waals surface area contributed by atoms with Gasteiger partial charge in [0.05, 0.1) is 0 Å². The molecule has 1 heterocycles. The Morgan fingerprint density at radius 3 is 2.82 bits per heavy atom. The third-order valence-corrected chi connectivity index (χ3v) is 3.45. The van der Waals surface area contributed by atoms with Gasteiger partial charge in [0, 0.05) is 6.54 Å². The van der Waals surface area contributed by atoms with E-state index in [1.165, 1.54) is 11.6 Å². The summed E-state index contributed by atoms with van der Waals surface area (Å²) in [6.45, 7) is 3.54. The summed E-state index contributed by atoms with van der Waals surface area (Å²) in [5.41, 5.74) is 3.22. The molecule has 0 saturated heterocycles. The molecular weight excluding hydrogens is 233 g/mol. The Bertz CT molecular complexity index is 465. The molecule has 0 amide bonds. The van der Waals surface area contributed by atoms with Crippen LogP contribution in [0.3, 0.4) is 0 Å². The van der Waals surface area contributed by atoms with E-state index in [2.05, 4.69) is 22.1 Å². The van der Waals surface area contributed by atoms with Crippen LogP contribution in [0.1, 0.15) is 16.7 Å². The molecule has 0 aliphatic rings. The van der Waals surface area contributed by atoms with Crippen LogP contribution < -0.4 is 5.32 Å². The molecule has 0 spiro atoms. The van der Waals surface area contributed by atoms with Crippen molar-refractivity contribution in [3.8, 4) is 0 Å². The summed E-state index contributed by atoms with van der Waals surface area (Å²) in [6, 6.07) is 7.41. The van der Waals surface area contributed by atoms with Crippen molar-refractivity contribution >= 4 is 11.3 Å². The van der Waals surface area contributed by atoms with E-state index in [9.17, 15) is 4.39 Å². The molecule has 0 aliphatic carbocycles. The molecule has 0 bridgehead atoms. The maximum Gasteiger partial charge on any atom is 0.126 e. The summed E-state index contributed by atoms with van der Waals surface area (Å²) >= 11 is 1.73. The number of hydrogen-bond acceptors (Lipinski definition) is 2. The van der Waals surface area contributed by atoms with E-state index in [-0.39, 0.29) is 5.82 Å². The smallest absolute Gasteiger partial charge is 0.126 e. The second kappa shape index (κ2) is 5.94. The average molecular weight is 249 g/mol. The number of thiophene rings is 1. The standard InChI is InChI=1S/C14H16FNS/c1-11-8-13(2-3-14(11)15)9-16-6-4-12-5-7-17-10-12/h2-3,5,7-8,10,16H,4,6,9H2,1H3. The van der Waals surface area contributed by atoms with Crippen LogP contribution in [0.25, 0.3) is 0 Å². The SMILES string of the molecule is Cc1cc(CNCCc2ccsc2)ccc1F. The average Bonchev–Trinajstić information content (AvgIpc) is 2.82. The molecule has 0 atom stereocenters. The summed E-state index contributed by atoms with van der Waals surface area (Å²) in [6.07, 6.45) is 1.05. The predicted octanol–water partition coefficient (Wildman–Crippen LogP) is 3.53. The van der Waals surface area contributed by atoms with Crippen molar-refractivity contribution in [1.82, 2.24) is 5.32 Å². The van der Waals surface area contributed by atoms with E-state index in [0.717, 1.165) is 25.1 Å². The van der Waals surface area contributed by atoms with E-state index < -0.39 is 0 Å². The highest BCUT2D eigenvalue weighted by Gasteiger charge is 1.99. The van der Waals surface area contributed by atoms with Crippen molar-refractivity contribution in [2.45, 2.75) is 19.9 Å². The topological polar surface area (TPSA) is 12.0 Å². The third kappa shape index (κ3) is 3.65. The zero-order valence-corrected chi connectivity index (χ0v) is 10.7. The van der Waals surface area contributed by atoms with Crippen LogP contribution in [0, 0.1) is 12.7 Å². The van der Waals surface area contributed by atoms with Gasteiger partial charge in [-0.25, -0.2) is 4.39 Å². The summed E-state index contributed by atoms with van der Waals surface area (Å²) in [7, 11) is 0. The highest BCUT2D eigenvalue weighted by Crippen LogP contribution is 2.09. The number of hydrogen-bond donors (Lipinski definition) is 1. The van der Waals surface area contributed by atoms with Crippen LogP contribution in [-0.2, 0) is 13.0 Å². The molecule has 2 rings (SSSR count). The Kier molecular flexibility index (Phi) is 4.29. The first-order valence-corrected chi connectivity index (χ1v) is 6.67. The molecule has 0 unspecified atom stereocenters. The third-order valence-electron chi connectivity index (χ3n) is 2.72. The highest BCUT2D eigenvalue weighted by molar-refractivity contribution is 7.07. The number of aryl methyl sites for hydroxylation is 1. The molecule has 0 saturated carbocycles. The largest absolute Gasteiger partial charge is 0.312 e. The number of halogens is 1. The molecule has 1 aromatic carbocycles. The number of benzene rings is 1. The van der Waals surface area contributed by atoms with Gasteiger partial charge < -0.3 is 5.32 Å². The lowest BCUT2D eigenvalue weighted by Gasteiger charge is -2.05. The molecule has 3 heteroatoms. The van der Waals surface area contributed by atoms with Crippen molar-refractivity contribution in [3.05, 3.63) is 57.5 Å². The van der Waals surface area contributed by atoms with E-state index in [1.54, 1.807) is 18.3 Å². The van der Waals surface area contributed by atoms with Gasteiger partial charge in [-0.1, -0.05) is 12.1 Å². The molecule has 0 fully saturated rings. The molecule has 1 nitrogen and oxygen atoms in total. The van der Waals surface area contributed by atoms with Crippen molar-refractivity contribution in [3.63, 3.8) is 0 Å². The molecule has 1 aromatic heterocycles. The summed E-state index contributed by atoms with van der Waals surface area (Å²) in [5.74, 6) is -0.132. The predicted molar refractivity (Wildman–Crippen MR) is 70.9 cm³/mol. The van der Waals surface area contributed by atoms with Gasteiger partial charge in [0.25, 0.3) is 0 Å². The van der Waals surface area contributed by atoms with Crippen LogP contribution in [0.15, 0.2) is 35.0 Å². The first kappa shape index (κ1) is 12.3. The van der Waals surface area contributed by atoms with Gasteiger partial charge in [-0.15, -0.1) is 0 Å². The molecule has 1 N–H and O–H groups in total. The van der Waals surface area contributed by atoms with Gasteiger partial charge in [0.2, 0.25) is 0 Å². The minimum Gasteiger partial charge on any atom is -0.312 e. The minimum atomic E-state index is -0.132. The fourth-order valence-corrected chi connectivity index (χ4v) is 2.42. The Hall–Kier alpha value is -1.19. The number of nitrogens with one attached hydrogen (secondary N) is 1. The molecular formula is C14H16FNS. The highest BCUT2D eigenvalue weighted by atomic mass is 32.1. The van der Waals surface area contributed by atoms with Gasteiger partial charge in [-0.3, -0.25) is 0 Å². The van der Waals surface area contributed by atoms with E-state index in [1.807, 2.05) is 12.1 Å². The van der Waals surface area contributed by atoms with Gasteiger partial charge in [-0.2, -0.15) is 11.3 Å². The fourth-order valence-electron chi connectivity index (χ4n) is 1.72. The van der Waals surface area contributed by atoms with Crippen molar-refractivity contribution in [2.75, 3.05) is 6.54 Å². The molecule has 90 valence electrons. The number of rotatable bonds is 5. The molecule has 0 radical (unpaired) electrons. The van der Waals surface area contributed by atoms with Crippen LogP contribution in [0.2, 0.25) is 0 Å². The fraction of sp³-hybridized carbons (Fsp3) is 0.286. The van der Waals surface area contributed by atoms with Gasteiger partial charge in [0.1, 0.15) is 5.82 Å². The van der Waals surface area contributed by atoms with Crippen LogP contribution in [0.4, 0.5) is 4.39 Å². The molecule has 0 aliphatic heterocycles. The van der Waals surface area contributed by atoms with Crippen molar-refractivity contribution < 1.29 is 4.39 Å². The van der Waals surface area contributed by atoms with Crippen LogP contribution >= 0.6 is 11.3 Å². The second-order valence-electron chi connectivity index (χ2n) is 4.14. The lowest BCUT2D eigenvalue weighted by Crippen LogP contribution is -2.16. The second-order valence-corrected chi connectivity index (χ2v) is 4.92. The van der Waals surface area contributed by atoms with Gasteiger partial charge in [-0.05, 0) is 59.5 Å². The summed E-state index contributed by atoms with van der Waals surface area (Å²) in [4.78, 5) is 0. The van der Waals surface area contributed by atoms with Crippen molar-refractivity contribution in [1.29, 1.82) is 0 Å². The van der Waals surface area contributed by atoms with Crippen molar-refractivity contribution in [2.24, 2.45) is 0 Å². The molecule has 2 aromatic rings. The summed E-state index contributed by atoms with van der Waals surface area (Å²) < 4.78 is 13.1. The monoisotopic (exact) mass is 249 g/mol. The zero-order chi connectivity index (χ0) is 12.1. The van der Waals surface area contributed by atoms with E-state index >= 15 is 0 Å². The van der Waals surface area contributed by atoms with Crippen LogP contribution in [-0.4, -0.2) is 6.54 Å². The van der Waals surface area contributed by atoms with Crippen LogP contribution in [0.5, 0.6) is 0 Å². The maximum atomic E-state index is 13.1. The van der Waals surface area contributed by atoms with E-state index in [4.69, 9.17) is 0 Å². The summed E-state index contributed by atoms with van der Waals surface area (Å²) in [5, 5.41) is 7.64. The quantitative estimate of drug-likeness (QED) is 0.799. The minimum absolute atomic E-state index is 0.132. The van der Waals surface area contributed by atoms with Gasteiger partial charge >= 0.3 is 0 Å². The Balaban J connectivity index is 1.76. The Labute approximate surface area is 105 Å². The lowest BCUT2D eigenvalue weighted by molar-refractivity contribution is 0.615. The Morgan fingerprint density at radius 2 is 2.12 bits per heavy atom. The van der Waals surface area contributed by atoms with E-state index in [0.29, 0.717) is 5.56 Å².